The molecule has 1 aliphatic heterocycles. The minimum atomic E-state index is -4.65. The monoisotopic (exact) mass is 422 g/mol. The quantitative estimate of drug-likeness (QED) is 0.687. The van der Waals surface area contributed by atoms with Gasteiger partial charge in [0, 0.05) is 30.9 Å². The van der Waals surface area contributed by atoms with E-state index in [4.69, 9.17) is 4.74 Å². The Kier molecular flexibility index (Phi) is 5.46. The smallest absolute Gasteiger partial charge is 0.417 e. The fourth-order valence-corrected chi connectivity index (χ4v) is 3.52. The van der Waals surface area contributed by atoms with Gasteiger partial charge in [-0.2, -0.15) is 22.0 Å². The van der Waals surface area contributed by atoms with Crippen molar-refractivity contribution < 1.29 is 35.1 Å². The SMILES string of the molecule is O=S(=O)(c1ccc(N2CCC(Oc3ccc(C(F)(F)F)cn3)C2)cc1)C(F)F. The van der Waals surface area contributed by atoms with E-state index in [0.29, 0.717) is 31.4 Å². The molecule has 0 aliphatic carbocycles. The van der Waals surface area contributed by atoms with E-state index in [-0.39, 0.29) is 12.0 Å². The number of hydrogen-bond donors (Lipinski definition) is 0. The molecule has 2 aromatic rings. The van der Waals surface area contributed by atoms with Gasteiger partial charge in [-0.1, -0.05) is 0 Å². The molecule has 1 aromatic carbocycles. The molecule has 2 heterocycles. The number of sulfone groups is 1. The first-order chi connectivity index (χ1) is 13.1. The number of rotatable bonds is 5. The van der Waals surface area contributed by atoms with Gasteiger partial charge < -0.3 is 9.64 Å². The van der Waals surface area contributed by atoms with E-state index >= 15 is 0 Å². The first kappa shape index (κ1) is 20.3. The maximum atomic E-state index is 12.6. The second-order valence-corrected chi connectivity index (χ2v) is 8.07. The standard InChI is InChI=1S/C17H15F5N2O3S/c18-16(19)28(25,26)14-4-2-12(3-5-14)24-8-7-13(10-24)27-15-6-1-11(9-23-15)17(20,21)22/h1-6,9,13,16H,7-8,10H2. The van der Waals surface area contributed by atoms with Crippen molar-refractivity contribution in [2.75, 3.05) is 18.0 Å². The molecule has 152 valence electrons. The van der Waals surface area contributed by atoms with Crippen molar-refractivity contribution >= 4 is 15.5 Å². The van der Waals surface area contributed by atoms with Gasteiger partial charge in [-0.05, 0) is 30.3 Å². The van der Waals surface area contributed by atoms with Crippen LogP contribution in [0.15, 0.2) is 47.5 Å². The van der Waals surface area contributed by atoms with Gasteiger partial charge in [0.15, 0.2) is 0 Å². The molecule has 11 heteroatoms. The zero-order valence-corrected chi connectivity index (χ0v) is 15.1. The Morgan fingerprint density at radius 3 is 2.32 bits per heavy atom. The lowest BCUT2D eigenvalue weighted by Crippen LogP contribution is -2.24. The maximum absolute atomic E-state index is 12.6. The highest BCUT2D eigenvalue weighted by Gasteiger charge is 2.31. The van der Waals surface area contributed by atoms with Gasteiger partial charge in [0.2, 0.25) is 15.7 Å². The van der Waals surface area contributed by atoms with Crippen LogP contribution in [0.1, 0.15) is 12.0 Å². The van der Waals surface area contributed by atoms with Gasteiger partial charge in [0.05, 0.1) is 17.0 Å². The van der Waals surface area contributed by atoms with Crippen LogP contribution < -0.4 is 9.64 Å². The van der Waals surface area contributed by atoms with Crippen LogP contribution in [-0.2, 0) is 16.0 Å². The van der Waals surface area contributed by atoms with Crippen molar-refractivity contribution in [1.29, 1.82) is 0 Å². The highest BCUT2D eigenvalue weighted by Crippen LogP contribution is 2.30. The summed E-state index contributed by atoms with van der Waals surface area (Å²) < 4.78 is 91.2. The Balaban J connectivity index is 1.62. The topological polar surface area (TPSA) is 59.5 Å². The molecule has 5 nitrogen and oxygen atoms in total. The molecule has 0 N–H and O–H groups in total. The molecular formula is C17H15F5N2O3S. The minimum Gasteiger partial charge on any atom is -0.472 e. The van der Waals surface area contributed by atoms with Crippen molar-refractivity contribution in [2.45, 2.75) is 29.4 Å². The van der Waals surface area contributed by atoms with Crippen molar-refractivity contribution in [3.8, 4) is 5.88 Å². The summed E-state index contributed by atoms with van der Waals surface area (Å²) in [6, 6.07) is 7.11. The van der Waals surface area contributed by atoms with E-state index in [1.54, 1.807) is 0 Å². The van der Waals surface area contributed by atoms with Crippen LogP contribution in [-0.4, -0.2) is 38.4 Å². The van der Waals surface area contributed by atoms with Gasteiger partial charge in [0.1, 0.15) is 6.10 Å². The van der Waals surface area contributed by atoms with Gasteiger partial charge in [-0.25, -0.2) is 13.4 Å². The first-order valence-corrected chi connectivity index (χ1v) is 9.69. The molecule has 0 spiro atoms. The number of anilines is 1. The van der Waals surface area contributed by atoms with E-state index in [0.717, 1.165) is 24.3 Å². The highest BCUT2D eigenvalue weighted by molar-refractivity contribution is 7.91. The molecule has 0 saturated carbocycles. The average Bonchev–Trinajstić information content (AvgIpc) is 3.10. The van der Waals surface area contributed by atoms with Crippen LogP contribution in [0.5, 0.6) is 5.88 Å². The number of halogens is 5. The predicted octanol–water partition coefficient (Wildman–Crippen LogP) is 3.75. The minimum absolute atomic E-state index is 0.0678. The number of benzene rings is 1. The second kappa shape index (κ2) is 7.53. The second-order valence-electron chi connectivity index (χ2n) is 6.16. The number of pyridine rings is 1. The van der Waals surface area contributed by atoms with Crippen LogP contribution in [0.25, 0.3) is 0 Å². The molecule has 1 saturated heterocycles. The lowest BCUT2D eigenvalue weighted by Gasteiger charge is -2.19. The molecular weight excluding hydrogens is 407 g/mol. The largest absolute Gasteiger partial charge is 0.472 e. The maximum Gasteiger partial charge on any atom is 0.417 e. The lowest BCUT2D eigenvalue weighted by molar-refractivity contribution is -0.137. The summed E-state index contributed by atoms with van der Waals surface area (Å²) in [6.07, 6.45) is -3.53. The van der Waals surface area contributed by atoms with E-state index in [2.05, 4.69) is 4.98 Å². The lowest BCUT2D eigenvalue weighted by atomic mass is 10.3. The average molecular weight is 422 g/mol. The van der Waals surface area contributed by atoms with E-state index in [9.17, 15) is 30.4 Å². The Morgan fingerprint density at radius 1 is 1.11 bits per heavy atom. The number of aromatic nitrogens is 1. The number of alkyl halides is 5. The Hall–Kier alpha value is -2.43. The van der Waals surface area contributed by atoms with Crippen LogP contribution in [0.2, 0.25) is 0 Å². The van der Waals surface area contributed by atoms with Crippen LogP contribution >= 0.6 is 0 Å². The van der Waals surface area contributed by atoms with E-state index in [1.807, 2.05) is 4.90 Å². The number of hydrogen-bond acceptors (Lipinski definition) is 5. The Bertz CT molecular complexity index is 915. The summed E-state index contributed by atoms with van der Waals surface area (Å²) in [7, 11) is -4.65. The summed E-state index contributed by atoms with van der Waals surface area (Å²) in [5.41, 5.74) is -0.244. The third-order valence-electron chi connectivity index (χ3n) is 4.26. The molecule has 1 unspecified atom stereocenters. The molecule has 1 fully saturated rings. The fraction of sp³-hybridized carbons (Fsp3) is 0.353. The van der Waals surface area contributed by atoms with Crippen LogP contribution in [0.3, 0.4) is 0 Å². The molecule has 28 heavy (non-hydrogen) atoms. The molecule has 3 rings (SSSR count). The van der Waals surface area contributed by atoms with Crippen molar-refractivity contribution in [3.05, 3.63) is 48.2 Å². The normalized spacial score (nSPS) is 17.9. The zero-order valence-electron chi connectivity index (χ0n) is 14.2. The fourth-order valence-electron chi connectivity index (χ4n) is 2.80. The molecule has 1 aromatic heterocycles. The van der Waals surface area contributed by atoms with Crippen molar-refractivity contribution in [2.24, 2.45) is 0 Å². The summed E-state index contributed by atoms with van der Waals surface area (Å²) in [5.74, 6) is -3.42. The van der Waals surface area contributed by atoms with E-state index < -0.39 is 32.2 Å². The van der Waals surface area contributed by atoms with E-state index in [1.165, 1.54) is 12.1 Å². The summed E-state index contributed by atoms with van der Waals surface area (Å²) in [4.78, 5) is 5.05. The molecule has 0 amide bonds. The predicted molar refractivity (Wildman–Crippen MR) is 90.1 cm³/mol. The van der Waals surface area contributed by atoms with Gasteiger partial charge in [0.25, 0.3) is 0 Å². The third-order valence-corrected chi connectivity index (χ3v) is 5.66. The van der Waals surface area contributed by atoms with Gasteiger partial charge in [-0.3, -0.25) is 0 Å². The zero-order chi connectivity index (χ0) is 20.5. The highest BCUT2D eigenvalue weighted by atomic mass is 32.2. The van der Waals surface area contributed by atoms with Crippen LogP contribution in [0, 0.1) is 0 Å². The molecule has 1 aliphatic rings. The molecule has 0 bridgehead atoms. The third kappa shape index (κ3) is 4.34. The molecule has 0 radical (unpaired) electrons. The van der Waals surface area contributed by atoms with Crippen molar-refractivity contribution in [3.63, 3.8) is 0 Å². The Labute approximate surface area is 157 Å². The number of nitrogens with zero attached hydrogens (tertiary/aromatic N) is 2. The first-order valence-electron chi connectivity index (χ1n) is 8.14. The summed E-state index contributed by atoms with van der Waals surface area (Å²) in [6.45, 7) is 0.940. The summed E-state index contributed by atoms with van der Waals surface area (Å²) >= 11 is 0. The van der Waals surface area contributed by atoms with Crippen molar-refractivity contribution in [1.82, 2.24) is 4.98 Å². The Morgan fingerprint density at radius 2 is 1.79 bits per heavy atom. The van der Waals surface area contributed by atoms with Gasteiger partial charge >= 0.3 is 11.9 Å². The van der Waals surface area contributed by atoms with Gasteiger partial charge in [-0.15, -0.1) is 0 Å². The number of ether oxygens (including phenoxy) is 1. The summed E-state index contributed by atoms with van der Waals surface area (Å²) in [5, 5.41) is 0. The molecule has 1 atom stereocenters. The van der Waals surface area contributed by atoms with Crippen LogP contribution in [0.4, 0.5) is 27.6 Å².